The number of aromatic nitrogens is 1. The lowest BCUT2D eigenvalue weighted by molar-refractivity contribution is 0.590. The van der Waals surface area contributed by atoms with Gasteiger partial charge >= 0.3 is 0 Å². The van der Waals surface area contributed by atoms with Crippen LogP contribution in [0, 0.1) is 0 Å². The SMILES string of the molecule is CC(C)(C)c1cccc(-c2ccc3c4ccccc4n(-c4ccc(-c5cccc6c(C(C)(C)C)cccc56)cc4)c3c2)c1. The zero-order valence-corrected chi connectivity index (χ0v) is 26.1. The maximum absolute atomic E-state index is 2.42. The van der Waals surface area contributed by atoms with Gasteiger partial charge in [-0.1, -0.05) is 145 Å². The molecule has 6 aromatic carbocycles. The number of para-hydroxylation sites is 1. The molecule has 1 heterocycles. The van der Waals surface area contributed by atoms with E-state index in [2.05, 4.69) is 174 Å². The van der Waals surface area contributed by atoms with E-state index in [-0.39, 0.29) is 10.8 Å². The molecule has 0 aliphatic carbocycles. The molecule has 7 aromatic rings. The van der Waals surface area contributed by atoms with Crippen molar-refractivity contribution >= 4 is 32.6 Å². The number of rotatable bonds is 3. The lowest BCUT2D eigenvalue weighted by atomic mass is 9.82. The number of nitrogens with zero attached hydrogens (tertiary/aromatic N) is 1. The van der Waals surface area contributed by atoms with Gasteiger partial charge in [0.1, 0.15) is 0 Å². The van der Waals surface area contributed by atoms with Gasteiger partial charge in [0.15, 0.2) is 0 Å². The summed E-state index contributed by atoms with van der Waals surface area (Å²) in [5.41, 5.74) is 11.6. The third-order valence-corrected chi connectivity index (χ3v) is 8.90. The van der Waals surface area contributed by atoms with Gasteiger partial charge < -0.3 is 4.57 Å². The Bertz CT molecular complexity index is 2130. The first kappa shape index (κ1) is 27.2. The fraction of sp³-hybridized carbons (Fsp3) is 0.190. The van der Waals surface area contributed by atoms with E-state index in [1.807, 2.05) is 0 Å². The summed E-state index contributed by atoms with van der Waals surface area (Å²) in [7, 11) is 0. The second-order valence-corrected chi connectivity index (χ2v) is 13.9. The molecule has 0 saturated heterocycles. The fourth-order valence-electron chi connectivity index (χ4n) is 6.60. The van der Waals surface area contributed by atoms with Gasteiger partial charge in [-0.2, -0.15) is 0 Å². The summed E-state index contributed by atoms with van der Waals surface area (Å²) in [6.45, 7) is 13.7. The van der Waals surface area contributed by atoms with Gasteiger partial charge in [0, 0.05) is 16.5 Å². The maximum atomic E-state index is 2.42. The molecule has 1 aromatic heterocycles. The zero-order valence-electron chi connectivity index (χ0n) is 26.1. The maximum Gasteiger partial charge on any atom is 0.0547 e. The van der Waals surface area contributed by atoms with Crippen LogP contribution in [-0.4, -0.2) is 4.57 Å². The summed E-state index contributed by atoms with van der Waals surface area (Å²) in [5.74, 6) is 0. The molecule has 43 heavy (non-hydrogen) atoms. The van der Waals surface area contributed by atoms with Gasteiger partial charge in [0.2, 0.25) is 0 Å². The Morgan fingerprint density at radius 1 is 0.419 bits per heavy atom. The summed E-state index contributed by atoms with van der Waals surface area (Å²) in [6, 6.07) is 47.3. The standard InChI is InChI=1S/C42H39N/c1-41(2,3)31-13-9-12-29(26-31)30-22-25-37-36-14-7-8-19-39(36)43(40(37)27-30)32-23-20-28(21-24-32)33-15-10-17-35-34(33)16-11-18-38(35)42(4,5)6/h7-27H,1-6H3. The molecular weight excluding hydrogens is 518 g/mol. The predicted molar refractivity (Wildman–Crippen MR) is 187 cm³/mol. The van der Waals surface area contributed by atoms with Gasteiger partial charge in [0.25, 0.3) is 0 Å². The van der Waals surface area contributed by atoms with Crippen LogP contribution < -0.4 is 0 Å². The first-order chi connectivity index (χ1) is 20.6. The molecule has 212 valence electrons. The number of hydrogen-bond acceptors (Lipinski definition) is 0. The summed E-state index contributed by atoms with van der Waals surface area (Å²) >= 11 is 0. The molecule has 0 unspecified atom stereocenters. The van der Waals surface area contributed by atoms with Crippen molar-refractivity contribution in [1.82, 2.24) is 4.57 Å². The summed E-state index contributed by atoms with van der Waals surface area (Å²) in [5, 5.41) is 5.20. The van der Waals surface area contributed by atoms with Crippen molar-refractivity contribution in [2.24, 2.45) is 0 Å². The Labute approximate surface area is 255 Å². The number of hydrogen-bond donors (Lipinski definition) is 0. The van der Waals surface area contributed by atoms with Crippen LogP contribution in [0.2, 0.25) is 0 Å². The van der Waals surface area contributed by atoms with Gasteiger partial charge in [-0.3, -0.25) is 0 Å². The smallest absolute Gasteiger partial charge is 0.0547 e. The van der Waals surface area contributed by atoms with Crippen LogP contribution in [0.25, 0.3) is 60.5 Å². The van der Waals surface area contributed by atoms with Crippen LogP contribution in [0.4, 0.5) is 0 Å². The van der Waals surface area contributed by atoms with E-state index in [0.29, 0.717) is 0 Å². The van der Waals surface area contributed by atoms with E-state index >= 15 is 0 Å². The minimum absolute atomic E-state index is 0.0887. The minimum atomic E-state index is 0.0887. The lowest BCUT2D eigenvalue weighted by Crippen LogP contribution is -2.11. The second-order valence-electron chi connectivity index (χ2n) is 13.9. The number of benzene rings is 6. The van der Waals surface area contributed by atoms with Crippen LogP contribution in [0.3, 0.4) is 0 Å². The third-order valence-electron chi connectivity index (χ3n) is 8.90. The van der Waals surface area contributed by atoms with E-state index in [0.717, 1.165) is 0 Å². The molecule has 0 aliphatic heterocycles. The molecule has 1 nitrogen and oxygen atoms in total. The Kier molecular flexibility index (Phi) is 6.32. The normalized spacial score (nSPS) is 12.4. The van der Waals surface area contributed by atoms with E-state index in [1.165, 1.54) is 71.6 Å². The first-order valence-corrected chi connectivity index (χ1v) is 15.4. The molecule has 0 atom stereocenters. The van der Waals surface area contributed by atoms with E-state index in [1.54, 1.807) is 0 Å². The van der Waals surface area contributed by atoms with Crippen molar-refractivity contribution in [2.45, 2.75) is 52.4 Å². The molecular formula is C42H39N. The van der Waals surface area contributed by atoms with Crippen LogP contribution in [0.1, 0.15) is 52.7 Å². The van der Waals surface area contributed by atoms with Crippen molar-refractivity contribution in [3.63, 3.8) is 0 Å². The van der Waals surface area contributed by atoms with Crippen molar-refractivity contribution in [1.29, 1.82) is 0 Å². The fourth-order valence-corrected chi connectivity index (χ4v) is 6.60. The van der Waals surface area contributed by atoms with E-state index in [4.69, 9.17) is 0 Å². The van der Waals surface area contributed by atoms with Gasteiger partial charge in [-0.15, -0.1) is 0 Å². The molecule has 0 aliphatic rings. The van der Waals surface area contributed by atoms with Gasteiger partial charge in [-0.25, -0.2) is 0 Å². The second kappa shape index (κ2) is 9.99. The summed E-state index contributed by atoms with van der Waals surface area (Å²) in [6.07, 6.45) is 0. The highest BCUT2D eigenvalue weighted by Crippen LogP contribution is 2.38. The van der Waals surface area contributed by atoms with E-state index < -0.39 is 0 Å². The summed E-state index contributed by atoms with van der Waals surface area (Å²) in [4.78, 5) is 0. The van der Waals surface area contributed by atoms with Gasteiger partial charge in [0.05, 0.1) is 11.0 Å². The van der Waals surface area contributed by atoms with Crippen molar-refractivity contribution in [3.05, 3.63) is 139 Å². The van der Waals surface area contributed by atoms with Crippen molar-refractivity contribution in [3.8, 4) is 27.9 Å². The van der Waals surface area contributed by atoms with Gasteiger partial charge in [-0.05, 0) is 79.2 Å². The highest BCUT2D eigenvalue weighted by atomic mass is 15.0. The quantitative estimate of drug-likeness (QED) is 0.204. The summed E-state index contributed by atoms with van der Waals surface area (Å²) < 4.78 is 2.42. The minimum Gasteiger partial charge on any atom is -0.309 e. The van der Waals surface area contributed by atoms with Crippen LogP contribution in [0.15, 0.2) is 127 Å². The van der Waals surface area contributed by atoms with Crippen molar-refractivity contribution in [2.75, 3.05) is 0 Å². The highest BCUT2D eigenvalue weighted by molar-refractivity contribution is 6.10. The third kappa shape index (κ3) is 4.74. The monoisotopic (exact) mass is 557 g/mol. The predicted octanol–water partition coefficient (Wildman–Crippen LogP) is 11.9. The molecule has 7 rings (SSSR count). The van der Waals surface area contributed by atoms with E-state index in [9.17, 15) is 0 Å². The first-order valence-electron chi connectivity index (χ1n) is 15.4. The molecule has 0 radical (unpaired) electrons. The molecule has 0 saturated carbocycles. The average Bonchev–Trinajstić information content (AvgIpc) is 3.33. The average molecular weight is 558 g/mol. The van der Waals surface area contributed by atoms with Crippen LogP contribution in [0.5, 0.6) is 0 Å². The Hall–Kier alpha value is -4.62. The molecule has 0 bridgehead atoms. The molecule has 1 heteroatoms. The molecule has 0 fully saturated rings. The molecule has 0 spiro atoms. The molecule has 0 amide bonds. The Morgan fingerprint density at radius 2 is 1.05 bits per heavy atom. The highest BCUT2D eigenvalue weighted by Gasteiger charge is 2.19. The van der Waals surface area contributed by atoms with Crippen molar-refractivity contribution < 1.29 is 0 Å². The zero-order chi connectivity index (χ0) is 29.9. The number of fused-ring (bicyclic) bond motifs is 4. The molecule has 0 N–H and O–H groups in total. The van der Waals surface area contributed by atoms with Crippen LogP contribution in [-0.2, 0) is 10.8 Å². The lowest BCUT2D eigenvalue weighted by Gasteiger charge is -2.22. The largest absolute Gasteiger partial charge is 0.309 e. The Balaban J connectivity index is 1.37. The van der Waals surface area contributed by atoms with Crippen LogP contribution >= 0.6 is 0 Å². The topological polar surface area (TPSA) is 4.93 Å². The Morgan fingerprint density at radius 3 is 1.81 bits per heavy atom.